The van der Waals surface area contributed by atoms with E-state index in [0.717, 1.165) is 12.8 Å². The van der Waals surface area contributed by atoms with E-state index in [0.29, 0.717) is 0 Å². The summed E-state index contributed by atoms with van der Waals surface area (Å²) >= 11 is 5.84. The van der Waals surface area contributed by atoms with E-state index in [2.05, 4.69) is 0 Å². The molecule has 1 atom stereocenters. The van der Waals surface area contributed by atoms with Crippen LogP contribution in [0.4, 0.5) is 4.39 Å². The van der Waals surface area contributed by atoms with E-state index in [-0.39, 0.29) is 16.5 Å². The Kier molecular flexibility index (Phi) is 2.65. The Balaban J connectivity index is 2.45. The second-order valence-corrected chi connectivity index (χ2v) is 4.20. The molecule has 0 aliphatic heterocycles. The average molecular weight is 229 g/mol. The first-order valence-corrected chi connectivity index (χ1v) is 5.15. The molecule has 1 aromatic carbocycles. The molecule has 0 bridgehead atoms. The van der Waals surface area contributed by atoms with Crippen LogP contribution in [0.1, 0.15) is 24.3 Å². The van der Waals surface area contributed by atoms with Crippen LogP contribution in [0.2, 0.25) is 5.02 Å². The fourth-order valence-electron chi connectivity index (χ4n) is 1.80. The summed E-state index contributed by atoms with van der Waals surface area (Å²) in [6.45, 7) is 0. The maximum atomic E-state index is 13.5. The van der Waals surface area contributed by atoms with Gasteiger partial charge < -0.3 is 5.11 Å². The van der Waals surface area contributed by atoms with Crippen molar-refractivity contribution in [3.8, 4) is 0 Å². The Morgan fingerprint density at radius 3 is 2.67 bits per heavy atom. The Labute approximate surface area is 91.7 Å². The molecular formula is C11H10ClFO2. The van der Waals surface area contributed by atoms with Crippen LogP contribution in [0, 0.1) is 11.7 Å². The zero-order valence-electron chi connectivity index (χ0n) is 7.91. The molecule has 1 N–H and O–H groups in total. The third-order valence-corrected chi connectivity index (χ3v) is 3.00. The van der Waals surface area contributed by atoms with Gasteiger partial charge >= 0.3 is 5.97 Å². The largest absolute Gasteiger partial charge is 0.481 e. The van der Waals surface area contributed by atoms with E-state index >= 15 is 0 Å². The molecule has 80 valence electrons. The second kappa shape index (κ2) is 3.81. The van der Waals surface area contributed by atoms with Crippen molar-refractivity contribution in [3.05, 3.63) is 34.6 Å². The molecule has 1 unspecified atom stereocenters. The fraction of sp³-hybridized carbons (Fsp3) is 0.364. The lowest BCUT2D eigenvalue weighted by atomic mass is 9.94. The van der Waals surface area contributed by atoms with Crippen molar-refractivity contribution in [3.63, 3.8) is 0 Å². The molecular weight excluding hydrogens is 219 g/mol. The summed E-state index contributed by atoms with van der Waals surface area (Å²) in [5.74, 6) is -2.28. The SMILES string of the molecule is O=C(O)C(c1c(F)cccc1Cl)C1CC1. The van der Waals surface area contributed by atoms with Gasteiger partial charge in [-0.15, -0.1) is 0 Å². The van der Waals surface area contributed by atoms with Gasteiger partial charge in [-0.2, -0.15) is 0 Å². The minimum Gasteiger partial charge on any atom is -0.481 e. The number of benzene rings is 1. The number of carboxylic acid groups (broad SMARTS) is 1. The number of hydrogen-bond acceptors (Lipinski definition) is 1. The van der Waals surface area contributed by atoms with E-state index in [9.17, 15) is 9.18 Å². The molecule has 1 aliphatic rings. The summed E-state index contributed by atoms with van der Waals surface area (Å²) in [5, 5.41) is 9.26. The first-order valence-electron chi connectivity index (χ1n) is 4.78. The molecule has 0 amide bonds. The predicted molar refractivity (Wildman–Crippen MR) is 54.5 cm³/mol. The maximum absolute atomic E-state index is 13.5. The van der Waals surface area contributed by atoms with Crippen molar-refractivity contribution in [1.29, 1.82) is 0 Å². The number of rotatable bonds is 3. The van der Waals surface area contributed by atoms with Crippen LogP contribution in [0.15, 0.2) is 18.2 Å². The quantitative estimate of drug-likeness (QED) is 0.863. The van der Waals surface area contributed by atoms with Gasteiger partial charge in [0.05, 0.1) is 5.92 Å². The second-order valence-electron chi connectivity index (χ2n) is 3.79. The highest BCUT2D eigenvalue weighted by Crippen LogP contribution is 2.45. The molecule has 1 aromatic rings. The monoisotopic (exact) mass is 228 g/mol. The van der Waals surface area contributed by atoms with E-state index < -0.39 is 17.7 Å². The zero-order chi connectivity index (χ0) is 11.0. The van der Waals surface area contributed by atoms with Gasteiger partial charge in [0.15, 0.2) is 0 Å². The highest BCUT2D eigenvalue weighted by Gasteiger charge is 2.39. The topological polar surface area (TPSA) is 37.3 Å². The van der Waals surface area contributed by atoms with Crippen molar-refractivity contribution in [2.45, 2.75) is 18.8 Å². The van der Waals surface area contributed by atoms with Gasteiger partial charge in [0, 0.05) is 10.6 Å². The molecule has 1 saturated carbocycles. The molecule has 0 heterocycles. The average Bonchev–Trinajstić information content (AvgIpc) is 2.94. The third kappa shape index (κ3) is 1.97. The van der Waals surface area contributed by atoms with Gasteiger partial charge in [-0.05, 0) is 30.9 Å². The molecule has 1 aliphatic carbocycles. The number of hydrogen-bond donors (Lipinski definition) is 1. The third-order valence-electron chi connectivity index (χ3n) is 2.67. The minimum absolute atomic E-state index is 0.0388. The number of halogens is 2. The standard InChI is InChI=1S/C11H10ClFO2/c12-7-2-1-3-8(13)10(7)9(11(14)15)6-4-5-6/h1-3,6,9H,4-5H2,(H,14,15). The van der Waals surface area contributed by atoms with E-state index in [4.69, 9.17) is 16.7 Å². The van der Waals surface area contributed by atoms with E-state index in [1.54, 1.807) is 0 Å². The Morgan fingerprint density at radius 2 is 2.20 bits per heavy atom. The molecule has 0 radical (unpaired) electrons. The Hall–Kier alpha value is -1.09. The predicted octanol–water partition coefficient (Wildman–Crippen LogP) is 3.06. The Bertz CT molecular complexity index is 381. The lowest BCUT2D eigenvalue weighted by Crippen LogP contribution is -2.15. The number of carboxylic acids is 1. The zero-order valence-corrected chi connectivity index (χ0v) is 8.67. The number of carbonyl (C=O) groups is 1. The maximum Gasteiger partial charge on any atom is 0.311 e. The normalized spacial score (nSPS) is 17.5. The Morgan fingerprint density at radius 1 is 1.53 bits per heavy atom. The van der Waals surface area contributed by atoms with Gasteiger partial charge in [0.1, 0.15) is 5.82 Å². The van der Waals surface area contributed by atoms with Crippen molar-refractivity contribution < 1.29 is 14.3 Å². The summed E-state index contributed by atoms with van der Waals surface area (Å²) in [7, 11) is 0. The number of aliphatic carboxylic acids is 1. The van der Waals surface area contributed by atoms with Crippen molar-refractivity contribution in [2.75, 3.05) is 0 Å². The lowest BCUT2D eigenvalue weighted by molar-refractivity contribution is -0.139. The van der Waals surface area contributed by atoms with Gasteiger partial charge in [-0.1, -0.05) is 17.7 Å². The highest BCUT2D eigenvalue weighted by molar-refractivity contribution is 6.31. The highest BCUT2D eigenvalue weighted by atomic mass is 35.5. The fourth-order valence-corrected chi connectivity index (χ4v) is 2.08. The molecule has 1 fully saturated rings. The van der Waals surface area contributed by atoms with E-state index in [1.807, 2.05) is 0 Å². The first-order chi connectivity index (χ1) is 7.11. The smallest absolute Gasteiger partial charge is 0.311 e. The lowest BCUT2D eigenvalue weighted by Gasteiger charge is -2.13. The summed E-state index contributed by atoms with van der Waals surface area (Å²) in [6.07, 6.45) is 1.67. The summed E-state index contributed by atoms with van der Waals surface area (Å²) in [4.78, 5) is 11.1. The van der Waals surface area contributed by atoms with Gasteiger partial charge in [-0.3, -0.25) is 4.79 Å². The first kappa shape index (κ1) is 10.4. The minimum atomic E-state index is -0.996. The molecule has 15 heavy (non-hydrogen) atoms. The summed E-state index contributed by atoms with van der Waals surface area (Å²) < 4.78 is 13.5. The molecule has 4 heteroatoms. The van der Waals surface area contributed by atoms with Crippen LogP contribution in [0.5, 0.6) is 0 Å². The van der Waals surface area contributed by atoms with Crippen LogP contribution >= 0.6 is 11.6 Å². The van der Waals surface area contributed by atoms with Crippen molar-refractivity contribution in [2.24, 2.45) is 5.92 Å². The van der Waals surface area contributed by atoms with Crippen LogP contribution in [-0.2, 0) is 4.79 Å². The van der Waals surface area contributed by atoms with Gasteiger partial charge in [0.25, 0.3) is 0 Å². The summed E-state index contributed by atoms with van der Waals surface area (Å²) in [5.41, 5.74) is 0.133. The van der Waals surface area contributed by atoms with Gasteiger partial charge in [0.2, 0.25) is 0 Å². The van der Waals surface area contributed by atoms with Crippen molar-refractivity contribution in [1.82, 2.24) is 0 Å². The van der Waals surface area contributed by atoms with Crippen LogP contribution in [0.3, 0.4) is 0 Å². The van der Waals surface area contributed by atoms with Crippen LogP contribution in [0.25, 0.3) is 0 Å². The molecule has 2 nitrogen and oxygen atoms in total. The van der Waals surface area contributed by atoms with Crippen LogP contribution < -0.4 is 0 Å². The van der Waals surface area contributed by atoms with Crippen LogP contribution in [-0.4, -0.2) is 11.1 Å². The molecule has 2 rings (SSSR count). The summed E-state index contributed by atoms with van der Waals surface area (Å²) in [6, 6.07) is 4.25. The van der Waals surface area contributed by atoms with Gasteiger partial charge in [-0.25, -0.2) is 4.39 Å². The molecule has 0 saturated heterocycles. The molecule has 0 spiro atoms. The van der Waals surface area contributed by atoms with E-state index in [1.165, 1.54) is 18.2 Å². The molecule has 0 aromatic heterocycles. The van der Waals surface area contributed by atoms with Crippen molar-refractivity contribution >= 4 is 17.6 Å².